The van der Waals surface area contributed by atoms with E-state index in [-0.39, 0.29) is 11.8 Å². The monoisotopic (exact) mass is 420 g/mol. The predicted molar refractivity (Wildman–Crippen MR) is 118 cm³/mol. The standard InChI is InChI=1S/C24H21ClN2O3/c25-21-12-11-19(27-13-5-10-23(27)28)15-22(21)26-24(29)18-8-4-9-20(14-18)30-16-17-6-2-1-3-7-17/h1-4,6-9,11-12,14-15H,5,10,13,16H2,(H,26,29). The molecule has 0 unspecified atom stereocenters. The van der Waals surface area contributed by atoms with Crippen LogP contribution in [-0.2, 0) is 11.4 Å². The molecule has 4 rings (SSSR count). The van der Waals surface area contributed by atoms with Gasteiger partial charge in [-0.1, -0.05) is 48.0 Å². The van der Waals surface area contributed by atoms with Crippen LogP contribution in [0.25, 0.3) is 0 Å². The molecule has 0 radical (unpaired) electrons. The van der Waals surface area contributed by atoms with Crippen molar-refractivity contribution < 1.29 is 14.3 Å². The van der Waals surface area contributed by atoms with Crippen molar-refractivity contribution in [3.8, 4) is 5.75 Å². The molecule has 1 heterocycles. The van der Waals surface area contributed by atoms with E-state index >= 15 is 0 Å². The minimum absolute atomic E-state index is 0.0814. The summed E-state index contributed by atoms with van der Waals surface area (Å²) in [5.41, 5.74) is 2.71. The second kappa shape index (κ2) is 9.01. The molecule has 1 aliphatic rings. The predicted octanol–water partition coefficient (Wildman–Crippen LogP) is 5.30. The molecule has 0 spiro atoms. The normalized spacial score (nSPS) is 13.4. The van der Waals surface area contributed by atoms with Crippen LogP contribution in [0.15, 0.2) is 72.8 Å². The maximum atomic E-state index is 12.8. The van der Waals surface area contributed by atoms with Crippen LogP contribution in [0.5, 0.6) is 5.75 Å². The average molecular weight is 421 g/mol. The molecule has 5 nitrogen and oxygen atoms in total. The summed E-state index contributed by atoms with van der Waals surface area (Å²) in [6.07, 6.45) is 1.37. The SMILES string of the molecule is O=C(Nc1cc(N2CCCC2=O)ccc1Cl)c1cccc(OCc2ccccc2)c1. The van der Waals surface area contributed by atoms with Gasteiger partial charge in [0.25, 0.3) is 5.91 Å². The van der Waals surface area contributed by atoms with E-state index in [4.69, 9.17) is 16.3 Å². The second-order valence-corrected chi connectivity index (χ2v) is 7.48. The van der Waals surface area contributed by atoms with Gasteiger partial charge in [-0.25, -0.2) is 0 Å². The summed E-state index contributed by atoms with van der Waals surface area (Å²) in [5, 5.41) is 3.25. The van der Waals surface area contributed by atoms with Gasteiger partial charge in [0.2, 0.25) is 5.91 Å². The van der Waals surface area contributed by atoms with E-state index in [0.29, 0.717) is 41.6 Å². The molecular formula is C24H21ClN2O3. The highest BCUT2D eigenvalue weighted by molar-refractivity contribution is 6.34. The smallest absolute Gasteiger partial charge is 0.255 e. The van der Waals surface area contributed by atoms with Crippen LogP contribution >= 0.6 is 11.6 Å². The maximum absolute atomic E-state index is 12.8. The molecule has 152 valence electrons. The number of nitrogens with zero attached hydrogens (tertiary/aromatic N) is 1. The van der Waals surface area contributed by atoms with Crippen molar-refractivity contribution in [1.29, 1.82) is 0 Å². The Morgan fingerprint density at radius 3 is 2.63 bits per heavy atom. The van der Waals surface area contributed by atoms with Gasteiger partial charge in [0.1, 0.15) is 12.4 Å². The third-order valence-electron chi connectivity index (χ3n) is 4.93. The van der Waals surface area contributed by atoms with Crippen molar-refractivity contribution in [1.82, 2.24) is 0 Å². The molecule has 3 aromatic carbocycles. The molecule has 0 aliphatic carbocycles. The topological polar surface area (TPSA) is 58.6 Å². The van der Waals surface area contributed by atoms with E-state index in [1.807, 2.05) is 36.4 Å². The number of amides is 2. The summed E-state index contributed by atoms with van der Waals surface area (Å²) in [6.45, 7) is 1.10. The number of benzene rings is 3. The van der Waals surface area contributed by atoms with Gasteiger partial charge in [0.05, 0.1) is 10.7 Å². The van der Waals surface area contributed by atoms with Crippen molar-refractivity contribution in [2.75, 3.05) is 16.8 Å². The zero-order valence-electron chi connectivity index (χ0n) is 16.3. The number of ether oxygens (including phenoxy) is 1. The van der Waals surface area contributed by atoms with Crippen LogP contribution < -0.4 is 15.0 Å². The first-order chi connectivity index (χ1) is 14.6. The lowest BCUT2D eigenvalue weighted by Gasteiger charge is -2.17. The van der Waals surface area contributed by atoms with Gasteiger partial charge >= 0.3 is 0 Å². The van der Waals surface area contributed by atoms with Crippen molar-refractivity contribution in [2.45, 2.75) is 19.4 Å². The number of rotatable bonds is 6. The molecule has 2 amide bonds. The Balaban J connectivity index is 1.47. The van der Waals surface area contributed by atoms with Gasteiger partial charge < -0.3 is 15.0 Å². The van der Waals surface area contributed by atoms with E-state index in [9.17, 15) is 9.59 Å². The van der Waals surface area contributed by atoms with E-state index in [1.165, 1.54) is 0 Å². The third kappa shape index (κ3) is 4.63. The van der Waals surface area contributed by atoms with Crippen LogP contribution in [0.4, 0.5) is 11.4 Å². The zero-order chi connectivity index (χ0) is 20.9. The van der Waals surface area contributed by atoms with Gasteiger partial charge in [-0.15, -0.1) is 0 Å². The Morgan fingerprint density at radius 2 is 1.87 bits per heavy atom. The molecule has 6 heteroatoms. The van der Waals surface area contributed by atoms with Crippen LogP contribution in [0.3, 0.4) is 0 Å². The number of nitrogens with one attached hydrogen (secondary N) is 1. The molecule has 1 N–H and O–H groups in total. The number of carbonyl (C=O) groups is 2. The van der Waals surface area contributed by atoms with E-state index in [0.717, 1.165) is 17.7 Å². The lowest BCUT2D eigenvalue weighted by atomic mass is 10.2. The first-order valence-electron chi connectivity index (χ1n) is 9.78. The van der Waals surface area contributed by atoms with Gasteiger partial charge in [0, 0.05) is 24.2 Å². The summed E-state index contributed by atoms with van der Waals surface area (Å²) in [4.78, 5) is 26.5. The largest absolute Gasteiger partial charge is 0.489 e. The van der Waals surface area contributed by atoms with E-state index in [1.54, 1.807) is 41.3 Å². The second-order valence-electron chi connectivity index (χ2n) is 7.07. The van der Waals surface area contributed by atoms with Crippen LogP contribution in [0, 0.1) is 0 Å². The molecule has 1 fully saturated rings. The number of halogens is 1. The van der Waals surface area contributed by atoms with Crippen LogP contribution in [0.1, 0.15) is 28.8 Å². The zero-order valence-corrected chi connectivity index (χ0v) is 17.1. The Hall–Kier alpha value is -3.31. The molecule has 1 aliphatic heterocycles. The highest BCUT2D eigenvalue weighted by atomic mass is 35.5. The highest BCUT2D eigenvalue weighted by Gasteiger charge is 2.22. The Bertz CT molecular complexity index is 1070. The third-order valence-corrected chi connectivity index (χ3v) is 5.26. The Morgan fingerprint density at radius 1 is 1.03 bits per heavy atom. The summed E-state index contributed by atoms with van der Waals surface area (Å²) in [5.74, 6) is 0.388. The fourth-order valence-corrected chi connectivity index (χ4v) is 3.53. The van der Waals surface area contributed by atoms with Gasteiger partial charge in [-0.3, -0.25) is 9.59 Å². The number of hydrogen-bond acceptors (Lipinski definition) is 3. The lowest BCUT2D eigenvalue weighted by Crippen LogP contribution is -2.23. The lowest BCUT2D eigenvalue weighted by molar-refractivity contribution is -0.117. The molecule has 30 heavy (non-hydrogen) atoms. The van der Waals surface area contributed by atoms with Crippen molar-refractivity contribution >= 4 is 34.8 Å². The van der Waals surface area contributed by atoms with Crippen molar-refractivity contribution in [3.05, 3.63) is 88.9 Å². The summed E-state index contributed by atoms with van der Waals surface area (Å²) >= 11 is 6.28. The van der Waals surface area contributed by atoms with Gasteiger partial charge in [-0.05, 0) is 48.4 Å². The van der Waals surface area contributed by atoms with E-state index < -0.39 is 0 Å². The highest BCUT2D eigenvalue weighted by Crippen LogP contribution is 2.30. The molecule has 0 atom stereocenters. The number of hydrogen-bond donors (Lipinski definition) is 1. The first kappa shape index (κ1) is 20.0. The molecule has 0 bridgehead atoms. The van der Waals surface area contributed by atoms with Crippen molar-refractivity contribution in [2.24, 2.45) is 0 Å². The minimum Gasteiger partial charge on any atom is -0.489 e. The molecule has 1 saturated heterocycles. The molecular weight excluding hydrogens is 400 g/mol. The number of carbonyl (C=O) groups excluding carboxylic acids is 2. The van der Waals surface area contributed by atoms with Crippen LogP contribution in [0.2, 0.25) is 5.02 Å². The Labute approximate surface area is 180 Å². The molecule has 3 aromatic rings. The van der Waals surface area contributed by atoms with Crippen LogP contribution in [-0.4, -0.2) is 18.4 Å². The average Bonchev–Trinajstić information content (AvgIpc) is 3.20. The maximum Gasteiger partial charge on any atom is 0.255 e. The summed E-state index contributed by atoms with van der Waals surface area (Å²) < 4.78 is 5.81. The Kier molecular flexibility index (Phi) is 6.00. The minimum atomic E-state index is -0.299. The molecule has 0 saturated carbocycles. The summed E-state index contributed by atoms with van der Waals surface area (Å²) in [7, 11) is 0. The van der Waals surface area contributed by atoms with E-state index in [2.05, 4.69) is 5.32 Å². The fraction of sp³-hybridized carbons (Fsp3) is 0.167. The van der Waals surface area contributed by atoms with Crippen molar-refractivity contribution in [3.63, 3.8) is 0 Å². The fourth-order valence-electron chi connectivity index (χ4n) is 3.36. The first-order valence-corrected chi connectivity index (χ1v) is 10.2. The van der Waals surface area contributed by atoms with Gasteiger partial charge in [-0.2, -0.15) is 0 Å². The van der Waals surface area contributed by atoms with Gasteiger partial charge in [0.15, 0.2) is 0 Å². The number of anilines is 2. The quantitative estimate of drug-likeness (QED) is 0.588. The summed E-state index contributed by atoms with van der Waals surface area (Å²) in [6, 6.07) is 22.0. The molecule has 0 aromatic heterocycles.